The van der Waals surface area contributed by atoms with E-state index >= 15 is 0 Å². The summed E-state index contributed by atoms with van der Waals surface area (Å²) < 4.78 is 6.45. The molecule has 182 valence electrons. The van der Waals surface area contributed by atoms with Gasteiger partial charge in [0.15, 0.2) is 0 Å². The largest absolute Gasteiger partial charge is 0.455 e. The van der Waals surface area contributed by atoms with E-state index in [0.717, 1.165) is 32.9 Å². The Balaban J connectivity index is 1.29. The molecule has 8 aromatic rings. The molecule has 1 heterocycles. The van der Waals surface area contributed by atoms with Crippen molar-refractivity contribution in [2.24, 2.45) is 0 Å². The average molecular weight is 498 g/mol. The van der Waals surface area contributed by atoms with Gasteiger partial charge in [0.05, 0.1) is 0 Å². The summed E-state index contributed by atoms with van der Waals surface area (Å²) in [7, 11) is 0. The van der Waals surface area contributed by atoms with Gasteiger partial charge < -0.3 is 9.83 Å². The lowest BCUT2D eigenvalue weighted by Crippen LogP contribution is -1.84. The van der Waals surface area contributed by atoms with Crippen molar-refractivity contribution in [3.63, 3.8) is 0 Å². The Kier molecular flexibility index (Phi) is 4.71. The second-order valence-corrected chi connectivity index (χ2v) is 10.2. The summed E-state index contributed by atoms with van der Waals surface area (Å²) in [6.07, 6.45) is 1.36. The highest BCUT2D eigenvalue weighted by atomic mass is 16.3. The van der Waals surface area contributed by atoms with Crippen molar-refractivity contribution in [2.75, 3.05) is 0 Å². The van der Waals surface area contributed by atoms with Crippen LogP contribution in [0.1, 0.15) is 5.56 Å². The Hall–Kier alpha value is -5.21. The maximum Gasteiger partial charge on any atom is 0.143 e. The maximum atomic E-state index is 7.65. The number of rotatable bonds is 3. The fourth-order valence-electron chi connectivity index (χ4n) is 5.96. The van der Waals surface area contributed by atoms with Crippen LogP contribution in [0.2, 0.25) is 0 Å². The van der Waals surface area contributed by atoms with Gasteiger partial charge in [0, 0.05) is 22.4 Å². The van der Waals surface area contributed by atoms with Crippen LogP contribution < -0.4 is 0 Å². The molecule has 0 unspecified atom stereocenters. The van der Waals surface area contributed by atoms with Gasteiger partial charge in [-0.1, -0.05) is 97.1 Å². The van der Waals surface area contributed by atoms with Gasteiger partial charge >= 0.3 is 0 Å². The molecule has 0 radical (unpaired) electrons. The zero-order valence-electron chi connectivity index (χ0n) is 21.1. The SMILES string of the molecule is N=Cc1ccc2c(c1)oc1c3ccc(-c4ccc(-c5ccc6ccccc6c5)cc4)cc3c3ccccc3c21. The first-order valence-electron chi connectivity index (χ1n) is 13.2. The monoisotopic (exact) mass is 497 g/mol. The second kappa shape index (κ2) is 8.41. The van der Waals surface area contributed by atoms with Crippen LogP contribution in [0.3, 0.4) is 0 Å². The van der Waals surface area contributed by atoms with E-state index in [1.807, 2.05) is 12.1 Å². The van der Waals surface area contributed by atoms with Gasteiger partial charge in [0.1, 0.15) is 11.2 Å². The lowest BCUT2D eigenvalue weighted by molar-refractivity contribution is 0.673. The third kappa shape index (κ3) is 3.39. The average Bonchev–Trinajstić information content (AvgIpc) is 3.40. The Labute approximate surface area is 225 Å². The molecule has 0 fully saturated rings. The van der Waals surface area contributed by atoms with Crippen LogP contribution in [0.25, 0.3) is 76.5 Å². The Morgan fingerprint density at radius 3 is 1.90 bits per heavy atom. The first-order valence-corrected chi connectivity index (χ1v) is 13.2. The van der Waals surface area contributed by atoms with Crippen molar-refractivity contribution in [1.29, 1.82) is 5.41 Å². The van der Waals surface area contributed by atoms with E-state index in [9.17, 15) is 0 Å². The minimum atomic E-state index is 0.817. The number of hydrogen-bond donors (Lipinski definition) is 1. The predicted molar refractivity (Wildman–Crippen MR) is 165 cm³/mol. The number of furan rings is 1. The molecule has 7 aromatic carbocycles. The highest BCUT2D eigenvalue weighted by Crippen LogP contribution is 2.42. The van der Waals surface area contributed by atoms with Crippen LogP contribution in [0.4, 0.5) is 0 Å². The number of fused-ring (bicyclic) bond motifs is 9. The smallest absolute Gasteiger partial charge is 0.143 e. The molecular weight excluding hydrogens is 474 g/mol. The summed E-state index contributed by atoms with van der Waals surface area (Å²) >= 11 is 0. The summed E-state index contributed by atoms with van der Waals surface area (Å²) in [4.78, 5) is 0. The summed E-state index contributed by atoms with van der Waals surface area (Å²) in [6.45, 7) is 0. The first-order chi connectivity index (χ1) is 19.3. The van der Waals surface area contributed by atoms with Crippen molar-refractivity contribution in [3.8, 4) is 22.3 Å². The third-order valence-corrected chi connectivity index (χ3v) is 7.93. The molecular formula is C37H23NO. The van der Waals surface area contributed by atoms with Crippen molar-refractivity contribution in [2.45, 2.75) is 0 Å². The predicted octanol–water partition coefficient (Wildman–Crippen LogP) is 10.4. The third-order valence-electron chi connectivity index (χ3n) is 7.93. The van der Waals surface area contributed by atoms with E-state index in [0.29, 0.717) is 0 Å². The summed E-state index contributed by atoms with van der Waals surface area (Å²) in [5.41, 5.74) is 7.36. The normalized spacial score (nSPS) is 11.7. The number of hydrogen-bond acceptors (Lipinski definition) is 2. The molecule has 1 aromatic heterocycles. The van der Waals surface area contributed by atoms with Crippen LogP contribution in [-0.4, -0.2) is 6.21 Å². The van der Waals surface area contributed by atoms with Crippen molar-refractivity contribution in [1.82, 2.24) is 0 Å². The van der Waals surface area contributed by atoms with Gasteiger partial charge in [-0.15, -0.1) is 0 Å². The topological polar surface area (TPSA) is 37.0 Å². The zero-order valence-corrected chi connectivity index (χ0v) is 21.1. The lowest BCUT2D eigenvalue weighted by Gasteiger charge is -2.10. The molecule has 0 aliphatic rings. The van der Waals surface area contributed by atoms with E-state index < -0.39 is 0 Å². The molecule has 0 amide bonds. The Bertz CT molecular complexity index is 2240. The zero-order chi connectivity index (χ0) is 25.9. The molecule has 0 bridgehead atoms. The number of benzene rings is 7. The first kappa shape index (κ1) is 21.8. The standard InChI is InChI=1S/C37H23NO/c38-22-23-9-17-33-35(19-23)39-37-32-18-16-29(21-34(32)30-7-3-4-8-31(30)36(33)37)26-12-10-25(11-13-26)28-15-14-24-5-1-2-6-27(24)20-28/h1-22,38H. The van der Waals surface area contributed by atoms with E-state index in [4.69, 9.17) is 9.83 Å². The summed E-state index contributed by atoms with van der Waals surface area (Å²) in [6, 6.07) is 45.3. The fourth-order valence-corrected chi connectivity index (χ4v) is 5.96. The maximum absolute atomic E-state index is 7.65. The van der Waals surface area contributed by atoms with Gasteiger partial charge in [-0.25, -0.2) is 0 Å². The molecule has 0 aliphatic carbocycles. The Morgan fingerprint density at radius 1 is 0.462 bits per heavy atom. The van der Waals surface area contributed by atoms with Gasteiger partial charge in [-0.05, 0) is 85.1 Å². The van der Waals surface area contributed by atoms with Crippen LogP contribution in [-0.2, 0) is 0 Å². The van der Waals surface area contributed by atoms with Gasteiger partial charge in [-0.2, -0.15) is 0 Å². The van der Waals surface area contributed by atoms with E-state index in [2.05, 4.69) is 115 Å². The summed E-state index contributed by atoms with van der Waals surface area (Å²) in [5, 5.41) is 17.1. The van der Waals surface area contributed by atoms with Crippen molar-refractivity contribution in [3.05, 3.63) is 133 Å². The van der Waals surface area contributed by atoms with Gasteiger partial charge in [0.25, 0.3) is 0 Å². The molecule has 0 saturated heterocycles. The molecule has 2 heteroatoms. The van der Waals surface area contributed by atoms with E-state index in [-0.39, 0.29) is 0 Å². The molecule has 39 heavy (non-hydrogen) atoms. The quantitative estimate of drug-likeness (QED) is 0.191. The van der Waals surface area contributed by atoms with E-state index in [1.165, 1.54) is 55.4 Å². The molecule has 0 spiro atoms. The van der Waals surface area contributed by atoms with Gasteiger partial charge in [-0.3, -0.25) is 0 Å². The molecule has 2 nitrogen and oxygen atoms in total. The number of nitrogens with one attached hydrogen (secondary N) is 1. The minimum absolute atomic E-state index is 0.817. The van der Waals surface area contributed by atoms with Crippen molar-refractivity contribution >= 4 is 60.5 Å². The molecule has 8 rings (SSSR count). The Morgan fingerprint density at radius 2 is 1.10 bits per heavy atom. The second-order valence-electron chi connectivity index (χ2n) is 10.2. The van der Waals surface area contributed by atoms with Crippen molar-refractivity contribution < 1.29 is 4.42 Å². The van der Waals surface area contributed by atoms with Gasteiger partial charge in [0.2, 0.25) is 0 Å². The van der Waals surface area contributed by atoms with Crippen LogP contribution in [0.15, 0.2) is 132 Å². The highest BCUT2D eigenvalue weighted by Gasteiger charge is 2.16. The fraction of sp³-hybridized carbons (Fsp3) is 0. The molecule has 0 saturated carbocycles. The summed E-state index contributed by atoms with van der Waals surface area (Å²) in [5.74, 6) is 0. The van der Waals surface area contributed by atoms with Crippen LogP contribution >= 0.6 is 0 Å². The minimum Gasteiger partial charge on any atom is -0.455 e. The lowest BCUT2D eigenvalue weighted by atomic mass is 9.93. The highest BCUT2D eigenvalue weighted by molar-refractivity contribution is 6.30. The molecule has 0 atom stereocenters. The van der Waals surface area contributed by atoms with E-state index in [1.54, 1.807) is 0 Å². The van der Waals surface area contributed by atoms with Crippen LogP contribution in [0, 0.1) is 5.41 Å². The van der Waals surface area contributed by atoms with Crippen LogP contribution in [0.5, 0.6) is 0 Å². The molecule has 0 aliphatic heterocycles. The molecule has 1 N–H and O–H groups in total.